The molecule has 0 aromatic rings. The Labute approximate surface area is 76.1 Å². The van der Waals surface area contributed by atoms with Crippen molar-refractivity contribution in [2.45, 2.75) is 31.3 Å². The number of rotatable bonds is 6. The number of hydrogen-bond acceptors (Lipinski definition) is 4. The van der Waals surface area contributed by atoms with Crippen LogP contribution in [0.1, 0.15) is 19.3 Å². The zero-order chi connectivity index (χ0) is 10.4. The normalized spacial score (nSPS) is 14.9. The number of amides is 1. The number of carboxylic acid groups (broad SMARTS) is 1. The monoisotopic (exact) mass is 189 g/mol. The van der Waals surface area contributed by atoms with Crippen molar-refractivity contribution in [1.29, 1.82) is 0 Å². The topological polar surface area (TPSA) is 132 Å². The standard InChI is InChI=1S/C7H15N3O3/c8-4(6(10)11)2-1-3-5(9)7(12)13/h4-5H,1-3,8-9H2,(H2,10,11)(H,12,13)/t4-,5+/m1/s1. The predicted molar refractivity (Wildman–Crippen MR) is 46.6 cm³/mol. The van der Waals surface area contributed by atoms with Crippen LogP contribution in [0, 0.1) is 0 Å². The lowest BCUT2D eigenvalue weighted by atomic mass is 10.1. The summed E-state index contributed by atoms with van der Waals surface area (Å²) in [4.78, 5) is 20.7. The lowest BCUT2D eigenvalue weighted by Gasteiger charge is -2.08. The van der Waals surface area contributed by atoms with Gasteiger partial charge in [-0.05, 0) is 19.3 Å². The van der Waals surface area contributed by atoms with E-state index in [1.165, 1.54) is 0 Å². The Kier molecular flexibility index (Phi) is 5.01. The van der Waals surface area contributed by atoms with Gasteiger partial charge in [-0.15, -0.1) is 0 Å². The van der Waals surface area contributed by atoms with E-state index in [0.29, 0.717) is 19.3 Å². The highest BCUT2D eigenvalue weighted by Gasteiger charge is 2.13. The molecule has 0 aromatic heterocycles. The van der Waals surface area contributed by atoms with Gasteiger partial charge in [0.15, 0.2) is 0 Å². The molecule has 0 radical (unpaired) electrons. The van der Waals surface area contributed by atoms with Gasteiger partial charge >= 0.3 is 5.97 Å². The number of carbonyl (C=O) groups is 2. The third-order valence-electron chi connectivity index (χ3n) is 1.71. The molecule has 0 saturated heterocycles. The Morgan fingerprint density at radius 1 is 1.15 bits per heavy atom. The molecule has 7 N–H and O–H groups in total. The van der Waals surface area contributed by atoms with Crippen molar-refractivity contribution in [2.24, 2.45) is 17.2 Å². The van der Waals surface area contributed by atoms with Gasteiger partial charge in [-0.2, -0.15) is 0 Å². The van der Waals surface area contributed by atoms with E-state index in [1.807, 2.05) is 0 Å². The summed E-state index contributed by atoms with van der Waals surface area (Å²) < 4.78 is 0. The van der Waals surface area contributed by atoms with Crippen LogP contribution in [-0.2, 0) is 9.59 Å². The van der Waals surface area contributed by atoms with Gasteiger partial charge in [-0.25, -0.2) is 0 Å². The van der Waals surface area contributed by atoms with E-state index in [4.69, 9.17) is 22.3 Å². The van der Waals surface area contributed by atoms with Crippen LogP contribution >= 0.6 is 0 Å². The van der Waals surface area contributed by atoms with Crippen LogP contribution in [0.3, 0.4) is 0 Å². The second kappa shape index (κ2) is 5.50. The molecule has 76 valence electrons. The van der Waals surface area contributed by atoms with Gasteiger partial charge in [-0.1, -0.05) is 0 Å². The van der Waals surface area contributed by atoms with Gasteiger partial charge in [-0.3, -0.25) is 9.59 Å². The van der Waals surface area contributed by atoms with E-state index in [2.05, 4.69) is 0 Å². The van der Waals surface area contributed by atoms with Gasteiger partial charge in [0.05, 0.1) is 6.04 Å². The molecule has 0 heterocycles. The first kappa shape index (κ1) is 11.9. The molecular weight excluding hydrogens is 174 g/mol. The minimum atomic E-state index is -1.05. The van der Waals surface area contributed by atoms with E-state index in [-0.39, 0.29) is 0 Å². The summed E-state index contributed by atoms with van der Waals surface area (Å²) in [5, 5.41) is 8.41. The second-order valence-electron chi connectivity index (χ2n) is 2.88. The highest BCUT2D eigenvalue weighted by molar-refractivity contribution is 5.79. The highest BCUT2D eigenvalue weighted by Crippen LogP contribution is 2.01. The van der Waals surface area contributed by atoms with Crippen molar-refractivity contribution < 1.29 is 14.7 Å². The van der Waals surface area contributed by atoms with Crippen molar-refractivity contribution in [2.75, 3.05) is 0 Å². The van der Waals surface area contributed by atoms with Crippen molar-refractivity contribution in [3.63, 3.8) is 0 Å². The Bertz CT molecular complexity index is 175. The molecule has 1 amide bonds. The Balaban J connectivity index is 3.56. The molecule has 13 heavy (non-hydrogen) atoms. The first-order valence-corrected chi connectivity index (χ1v) is 3.98. The van der Waals surface area contributed by atoms with Crippen LogP contribution in [0.4, 0.5) is 0 Å². The van der Waals surface area contributed by atoms with Gasteiger partial charge in [0, 0.05) is 0 Å². The molecule has 2 atom stereocenters. The molecule has 6 heteroatoms. The van der Waals surface area contributed by atoms with Gasteiger partial charge in [0.1, 0.15) is 6.04 Å². The van der Waals surface area contributed by atoms with Crippen molar-refractivity contribution in [3.05, 3.63) is 0 Å². The maximum atomic E-state index is 10.5. The molecule has 0 spiro atoms. The smallest absolute Gasteiger partial charge is 0.320 e. The molecule has 0 aliphatic carbocycles. The summed E-state index contributed by atoms with van der Waals surface area (Å²) >= 11 is 0. The zero-order valence-electron chi connectivity index (χ0n) is 7.27. The fourth-order valence-electron chi connectivity index (χ4n) is 0.823. The van der Waals surface area contributed by atoms with Crippen LogP contribution in [0.15, 0.2) is 0 Å². The van der Waals surface area contributed by atoms with E-state index >= 15 is 0 Å². The number of nitrogens with two attached hydrogens (primary N) is 3. The van der Waals surface area contributed by atoms with Crippen LogP contribution in [0.2, 0.25) is 0 Å². The van der Waals surface area contributed by atoms with Gasteiger partial charge in [0.25, 0.3) is 0 Å². The number of carboxylic acids is 1. The van der Waals surface area contributed by atoms with Crippen LogP contribution in [0.25, 0.3) is 0 Å². The van der Waals surface area contributed by atoms with Crippen molar-refractivity contribution in [3.8, 4) is 0 Å². The molecular formula is C7H15N3O3. The van der Waals surface area contributed by atoms with E-state index < -0.39 is 24.0 Å². The highest BCUT2D eigenvalue weighted by atomic mass is 16.4. The number of aliphatic carboxylic acids is 1. The molecule has 0 unspecified atom stereocenters. The largest absolute Gasteiger partial charge is 0.480 e. The first-order chi connectivity index (χ1) is 5.95. The number of carbonyl (C=O) groups excluding carboxylic acids is 1. The molecule has 0 aliphatic rings. The fourth-order valence-corrected chi connectivity index (χ4v) is 0.823. The van der Waals surface area contributed by atoms with Crippen molar-refractivity contribution >= 4 is 11.9 Å². The average Bonchev–Trinajstić information content (AvgIpc) is 2.03. The van der Waals surface area contributed by atoms with Crippen LogP contribution in [-0.4, -0.2) is 29.1 Å². The van der Waals surface area contributed by atoms with Gasteiger partial charge < -0.3 is 22.3 Å². The summed E-state index contributed by atoms with van der Waals surface area (Å²) in [6, 6.07) is -1.60. The second-order valence-corrected chi connectivity index (χ2v) is 2.88. The first-order valence-electron chi connectivity index (χ1n) is 3.98. The molecule has 0 bridgehead atoms. The molecule has 6 nitrogen and oxygen atoms in total. The van der Waals surface area contributed by atoms with Crippen LogP contribution < -0.4 is 17.2 Å². The maximum absolute atomic E-state index is 10.5. The zero-order valence-corrected chi connectivity index (χ0v) is 7.27. The SMILES string of the molecule is NC(=O)[C@H](N)CCC[C@H](N)C(=O)O. The summed E-state index contributed by atoms with van der Waals surface area (Å²) in [5.41, 5.74) is 15.4. The Morgan fingerprint density at radius 3 is 2.00 bits per heavy atom. The Morgan fingerprint density at radius 2 is 1.62 bits per heavy atom. The lowest BCUT2D eigenvalue weighted by molar-refractivity contribution is -0.138. The third-order valence-corrected chi connectivity index (χ3v) is 1.71. The quantitative estimate of drug-likeness (QED) is 0.398. The summed E-state index contributed by atoms with van der Waals surface area (Å²) in [6.45, 7) is 0. The van der Waals surface area contributed by atoms with E-state index in [0.717, 1.165) is 0 Å². The van der Waals surface area contributed by atoms with E-state index in [9.17, 15) is 9.59 Å². The van der Waals surface area contributed by atoms with Crippen LogP contribution in [0.5, 0.6) is 0 Å². The molecule has 0 aliphatic heterocycles. The average molecular weight is 189 g/mol. The lowest BCUT2D eigenvalue weighted by Crippen LogP contribution is -2.37. The fraction of sp³-hybridized carbons (Fsp3) is 0.714. The molecule has 0 rings (SSSR count). The minimum absolute atomic E-state index is 0.302. The Hall–Kier alpha value is -1.14. The molecule has 0 fully saturated rings. The third kappa shape index (κ3) is 5.15. The summed E-state index contributed by atoms with van der Waals surface area (Å²) in [6.07, 6.45) is 1.16. The molecule has 0 aromatic carbocycles. The molecule has 0 saturated carbocycles. The maximum Gasteiger partial charge on any atom is 0.320 e. The number of primary amides is 1. The van der Waals surface area contributed by atoms with Crippen molar-refractivity contribution in [1.82, 2.24) is 0 Å². The number of hydrogen-bond donors (Lipinski definition) is 4. The predicted octanol–water partition coefficient (Wildman–Crippen LogP) is -1.62. The van der Waals surface area contributed by atoms with Gasteiger partial charge in [0.2, 0.25) is 5.91 Å². The summed E-state index contributed by atoms with van der Waals surface area (Å²) in [5.74, 6) is -1.63. The summed E-state index contributed by atoms with van der Waals surface area (Å²) in [7, 11) is 0. The van der Waals surface area contributed by atoms with E-state index in [1.54, 1.807) is 0 Å². The minimum Gasteiger partial charge on any atom is -0.480 e.